The van der Waals surface area contributed by atoms with Gasteiger partial charge in [0, 0.05) is 23.8 Å². The largest absolute Gasteiger partial charge is 0.348 e. The standard InChI is InChI=1S/C11H10N4OS/c16-10(14-7-1-2-7)9-6-17-11(15-9)8-5-12-3-4-13-8/h3-7H,1-2H2,(H,14,16). The summed E-state index contributed by atoms with van der Waals surface area (Å²) in [6.45, 7) is 0. The first kappa shape index (κ1) is 10.3. The number of carbonyl (C=O) groups excluding carboxylic acids is 1. The number of nitrogens with one attached hydrogen (secondary N) is 1. The fourth-order valence-electron chi connectivity index (χ4n) is 1.39. The molecule has 0 radical (unpaired) electrons. The van der Waals surface area contributed by atoms with Crippen LogP contribution in [0.1, 0.15) is 23.3 Å². The second-order valence-corrected chi connectivity index (χ2v) is 4.73. The molecule has 0 bridgehead atoms. The molecule has 0 aliphatic heterocycles. The van der Waals surface area contributed by atoms with Crippen LogP contribution < -0.4 is 5.32 Å². The number of amides is 1. The van der Waals surface area contributed by atoms with Crippen LogP contribution in [0.25, 0.3) is 10.7 Å². The number of nitrogens with zero attached hydrogens (tertiary/aromatic N) is 3. The Morgan fingerprint density at radius 1 is 1.41 bits per heavy atom. The Hall–Kier alpha value is -1.82. The van der Waals surface area contributed by atoms with E-state index in [4.69, 9.17) is 0 Å². The van der Waals surface area contributed by atoms with E-state index >= 15 is 0 Å². The predicted octanol–water partition coefficient (Wildman–Crippen LogP) is 1.49. The Morgan fingerprint density at radius 2 is 2.29 bits per heavy atom. The summed E-state index contributed by atoms with van der Waals surface area (Å²) in [7, 11) is 0. The minimum Gasteiger partial charge on any atom is -0.348 e. The average Bonchev–Trinajstić information content (AvgIpc) is 3.04. The van der Waals surface area contributed by atoms with Crippen molar-refractivity contribution < 1.29 is 4.79 Å². The molecule has 1 fully saturated rings. The summed E-state index contributed by atoms with van der Waals surface area (Å²) < 4.78 is 0. The summed E-state index contributed by atoms with van der Waals surface area (Å²) in [6, 6.07) is 0.351. The van der Waals surface area contributed by atoms with Crippen molar-refractivity contribution in [2.75, 3.05) is 0 Å². The maximum atomic E-state index is 11.7. The van der Waals surface area contributed by atoms with Crippen molar-refractivity contribution in [1.29, 1.82) is 0 Å². The van der Waals surface area contributed by atoms with Gasteiger partial charge in [-0.2, -0.15) is 0 Å². The molecule has 0 unspecified atom stereocenters. The van der Waals surface area contributed by atoms with E-state index in [0.717, 1.165) is 17.8 Å². The molecule has 0 aromatic carbocycles. The Balaban J connectivity index is 1.80. The van der Waals surface area contributed by atoms with E-state index < -0.39 is 0 Å². The van der Waals surface area contributed by atoms with E-state index in [1.807, 2.05) is 0 Å². The summed E-state index contributed by atoms with van der Waals surface area (Å²) in [6.07, 6.45) is 7.01. The quantitative estimate of drug-likeness (QED) is 0.891. The first-order valence-corrected chi connectivity index (χ1v) is 6.23. The monoisotopic (exact) mass is 246 g/mol. The summed E-state index contributed by atoms with van der Waals surface area (Å²) in [5.41, 5.74) is 1.16. The molecule has 2 aromatic rings. The zero-order valence-electron chi connectivity index (χ0n) is 8.96. The fourth-order valence-corrected chi connectivity index (χ4v) is 2.15. The van der Waals surface area contributed by atoms with Crippen molar-refractivity contribution in [3.05, 3.63) is 29.7 Å². The highest BCUT2D eigenvalue weighted by Crippen LogP contribution is 2.22. The van der Waals surface area contributed by atoms with Gasteiger partial charge in [-0.05, 0) is 12.8 Å². The number of thiazole rings is 1. The van der Waals surface area contributed by atoms with Gasteiger partial charge in [-0.1, -0.05) is 0 Å². The lowest BCUT2D eigenvalue weighted by atomic mass is 10.4. The van der Waals surface area contributed by atoms with E-state index in [0.29, 0.717) is 17.4 Å². The fraction of sp³-hybridized carbons (Fsp3) is 0.273. The summed E-state index contributed by atoms with van der Waals surface area (Å²) >= 11 is 1.40. The van der Waals surface area contributed by atoms with Crippen LogP contribution in [0.5, 0.6) is 0 Å². The molecule has 86 valence electrons. The van der Waals surface area contributed by atoms with Crippen molar-refractivity contribution >= 4 is 17.2 Å². The van der Waals surface area contributed by atoms with Gasteiger partial charge in [0.15, 0.2) is 0 Å². The van der Waals surface area contributed by atoms with Crippen LogP contribution in [0.4, 0.5) is 0 Å². The van der Waals surface area contributed by atoms with Crippen LogP contribution in [0, 0.1) is 0 Å². The zero-order chi connectivity index (χ0) is 11.7. The van der Waals surface area contributed by atoms with E-state index in [9.17, 15) is 4.79 Å². The lowest BCUT2D eigenvalue weighted by molar-refractivity contribution is 0.0947. The molecule has 2 aromatic heterocycles. The highest BCUT2D eigenvalue weighted by Gasteiger charge is 2.24. The van der Waals surface area contributed by atoms with Gasteiger partial charge >= 0.3 is 0 Å². The van der Waals surface area contributed by atoms with Gasteiger partial charge in [-0.15, -0.1) is 11.3 Å². The summed E-state index contributed by atoms with van der Waals surface area (Å²) in [5.74, 6) is -0.0982. The second kappa shape index (κ2) is 4.21. The number of aromatic nitrogens is 3. The Morgan fingerprint density at radius 3 is 3.00 bits per heavy atom. The van der Waals surface area contributed by atoms with Crippen LogP contribution in [-0.4, -0.2) is 26.9 Å². The van der Waals surface area contributed by atoms with Gasteiger partial charge in [-0.3, -0.25) is 14.8 Å². The second-order valence-electron chi connectivity index (χ2n) is 3.88. The number of hydrogen-bond donors (Lipinski definition) is 1. The lowest BCUT2D eigenvalue weighted by Gasteiger charge is -1.98. The molecule has 2 heterocycles. The molecular weight excluding hydrogens is 236 g/mol. The molecule has 1 amide bonds. The molecule has 0 saturated heterocycles. The van der Waals surface area contributed by atoms with Gasteiger partial charge in [0.2, 0.25) is 0 Å². The minimum absolute atomic E-state index is 0.0982. The lowest BCUT2D eigenvalue weighted by Crippen LogP contribution is -2.25. The highest BCUT2D eigenvalue weighted by atomic mass is 32.1. The van der Waals surface area contributed by atoms with Crippen LogP contribution in [0.2, 0.25) is 0 Å². The van der Waals surface area contributed by atoms with Crippen LogP contribution in [-0.2, 0) is 0 Å². The third-order valence-corrected chi connectivity index (χ3v) is 3.30. The van der Waals surface area contributed by atoms with E-state index in [2.05, 4.69) is 20.3 Å². The van der Waals surface area contributed by atoms with Gasteiger partial charge in [-0.25, -0.2) is 4.98 Å². The summed E-state index contributed by atoms with van der Waals surface area (Å²) in [5, 5.41) is 5.38. The Labute approximate surface area is 102 Å². The van der Waals surface area contributed by atoms with Crippen molar-refractivity contribution in [2.24, 2.45) is 0 Å². The van der Waals surface area contributed by atoms with Crippen molar-refractivity contribution in [2.45, 2.75) is 18.9 Å². The minimum atomic E-state index is -0.0982. The smallest absolute Gasteiger partial charge is 0.270 e. The molecule has 6 heteroatoms. The third-order valence-electron chi connectivity index (χ3n) is 2.43. The predicted molar refractivity (Wildman–Crippen MR) is 63.6 cm³/mol. The molecule has 1 saturated carbocycles. The van der Waals surface area contributed by atoms with Gasteiger partial charge in [0.1, 0.15) is 16.4 Å². The summed E-state index contributed by atoms with van der Waals surface area (Å²) in [4.78, 5) is 24.1. The molecule has 1 aliphatic carbocycles. The molecule has 17 heavy (non-hydrogen) atoms. The molecular formula is C11H10N4OS. The zero-order valence-corrected chi connectivity index (χ0v) is 9.78. The van der Waals surface area contributed by atoms with E-state index in [-0.39, 0.29) is 5.91 Å². The Kier molecular flexibility index (Phi) is 2.56. The molecule has 0 atom stereocenters. The molecule has 1 aliphatic rings. The topological polar surface area (TPSA) is 67.8 Å². The first-order chi connectivity index (χ1) is 8.33. The SMILES string of the molecule is O=C(NC1CC1)c1csc(-c2cnccn2)n1. The molecule has 1 N–H and O–H groups in total. The maximum absolute atomic E-state index is 11.7. The maximum Gasteiger partial charge on any atom is 0.270 e. The molecule has 0 spiro atoms. The molecule has 5 nitrogen and oxygen atoms in total. The van der Waals surface area contributed by atoms with Gasteiger partial charge < -0.3 is 5.32 Å². The number of hydrogen-bond acceptors (Lipinski definition) is 5. The van der Waals surface area contributed by atoms with Crippen LogP contribution in [0.15, 0.2) is 24.0 Å². The van der Waals surface area contributed by atoms with Crippen molar-refractivity contribution in [1.82, 2.24) is 20.3 Å². The first-order valence-electron chi connectivity index (χ1n) is 5.36. The van der Waals surface area contributed by atoms with Gasteiger partial charge in [0.05, 0.1) is 6.20 Å². The average molecular weight is 246 g/mol. The number of carbonyl (C=O) groups is 1. The third kappa shape index (κ3) is 2.31. The van der Waals surface area contributed by atoms with Crippen LogP contribution >= 0.6 is 11.3 Å². The van der Waals surface area contributed by atoms with E-state index in [1.54, 1.807) is 24.0 Å². The molecule has 3 rings (SSSR count). The van der Waals surface area contributed by atoms with E-state index in [1.165, 1.54) is 11.3 Å². The van der Waals surface area contributed by atoms with Gasteiger partial charge in [0.25, 0.3) is 5.91 Å². The normalized spacial score (nSPS) is 14.6. The Bertz CT molecular complexity index is 535. The van der Waals surface area contributed by atoms with Crippen molar-refractivity contribution in [3.8, 4) is 10.7 Å². The van der Waals surface area contributed by atoms with Crippen molar-refractivity contribution in [3.63, 3.8) is 0 Å². The van der Waals surface area contributed by atoms with Crippen LogP contribution in [0.3, 0.4) is 0 Å². The highest BCUT2D eigenvalue weighted by molar-refractivity contribution is 7.13. The number of rotatable bonds is 3.